The Labute approximate surface area is 200 Å². The minimum atomic E-state index is -0.421. The summed E-state index contributed by atoms with van der Waals surface area (Å²) in [5.41, 5.74) is 6.02. The molecule has 170 valence electrons. The van der Waals surface area contributed by atoms with E-state index < -0.39 is 5.41 Å². The summed E-state index contributed by atoms with van der Waals surface area (Å²) < 4.78 is 0. The van der Waals surface area contributed by atoms with Crippen molar-refractivity contribution in [1.29, 1.82) is 0 Å². The zero-order valence-corrected chi connectivity index (χ0v) is 20.1. The molecule has 0 aliphatic carbocycles. The van der Waals surface area contributed by atoms with Crippen LogP contribution in [0.4, 0.5) is 0 Å². The van der Waals surface area contributed by atoms with Crippen LogP contribution < -0.4 is 5.10 Å². The van der Waals surface area contributed by atoms with E-state index in [-0.39, 0.29) is 11.2 Å². The first-order chi connectivity index (χ1) is 16.3. The summed E-state index contributed by atoms with van der Waals surface area (Å²) in [6.45, 7) is 8.76. The number of hydrogen-bond acceptors (Lipinski definition) is 2. The van der Waals surface area contributed by atoms with Gasteiger partial charge in [-0.05, 0) is 39.7 Å². The lowest BCUT2D eigenvalue weighted by Crippen LogP contribution is -2.26. The number of nitrogens with one attached hydrogen (secondary N) is 1. The largest absolute Gasteiger partial charge is 0.505 e. The maximum Gasteiger partial charge on any atom is 0.249 e. The fourth-order valence-electron chi connectivity index (χ4n) is 4.67. The van der Waals surface area contributed by atoms with Crippen molar-refractivity contribution >= 4 is 11.0 Å². The summed E-state index contributed by atoms with van der Waals surface area (Å²) in [5.74, 6) is 0.227. The lowest BCUT2D eigenvalue weighted by atomic mass is 9.72. The Bertz CT molecular complexity index is 1420. The van der Waals surface area contributed by atoms with E-state index in [1.165, 1.54) is 5.56 Å². The van der Waals surface area contributed by atoms with E-state index in [9.17, 15) is 5.11 Å². The van der Waals surface area contributed by atoms with Gasteiger partial charge < -0.3 is 5.11 Å². The third-order valence-corrected chi connectivity index (χ3v) is 7.04. The van der Waals surface area contributed by atoms with Crippen LogP contribution in [0.1, 0.15) is 49.9 Å². The molecule has 0 unspecified atom stereocenters. The van der Waals surface area contributed by atoms with Gasteiger partial charge in [0.2, 0.25) is 5.52 Å². The molecule has 0 aliphatic rings. The van der Waals surface area contributed by atoms with Gasteiger partial charge in [0.15, 0.2) is 17.0 Å². The standard InChI is InChI=1S/C30H29N3O/c1-29(2,21-13-7-5-8-14-21)23-19-24(30(3,4)22-15-9-6-10-16-22)28(34)27(20-23)33-31-25-17-11-12-18-26(25)32-33/h5-20,34H,1-4H3/p+1. The number of aromatic amines is 1. The van der Waals surface area contributed by atoms with E-state index in [0.717, 1.165) is 27.7 Å². The van der Waals surface area contributed by atoms with E-state index in [4.69, 9.17) is 5.10 Å². The number of H-pyrrole nitrogens is 1. The quantitative estimate of drug-likeness (QED) is 0.348. The van der Waals surface area contributed by atoms with Crippen molar-refractivity contribution in [2.24, 2.45) is 0 Å². The molecule has 1 heterocycles. The van der Waals surface area contributed by atoms with Gasteiger partial charge >= 0.3 is 0 Å². The first kappa shape index (κ1) is 21.9. The third-order valence-electron chi connectivity index (χ3n) is 7.04. The molecule has 0 bridgehead atoms. The Morgan fingerprint density at radius 2 is 1.24 bits per heavy atom. The molecule has 1 aromatic heterocycles. The molecule has 0 saturated carbocycles. The summed E-state index contributed by atoms with van der Waals surface area (Å²) in [6, 6.07) is 32.9. The molecule has 2 N–H and O–H groups in total. The number of hydrogen-bond donors (Lipinski definition) is 1. The average Bonchev–Trinajstić information content (AvgIpc) is 3.29. The van der Waals surface area contributed by atoms with E-state index in [2.05, 4.69) is 81.3 Å². The second-order valence-electron chi connectivity index (χ2n) is 9.91. The molecular weight excluding hydrogens is 418 g/mol. The monoisotopic (exact) mass is 448 g/mol. The lowest BCUT2D eigenvalue weighted by Gasteiger charge is -2.32. The Hall–Kier alpha value is -3.92. The number of phenols is 1. The molecule has 0 saturated heterocycles. The summed E-state index contributed by atoms with van der Waals surface area (Å²) in [7, 11) is 0. The number of aromatic nitrogens is 3. The van der Waals surface area contributed by atoms with Gasteiger partial charge in [-0.25, -0.2) is 0 Å². The number of nitrogens with zero attached hydrogens (tertiary/aromatic N) is 2. The van der Waals surface area contributed by atoms with E-state index in [1.54, 1.807) is 4.80 Å². The van der Waals surface area contributed by atoms with Crippen LogP contribution in [0.3, 0.4) is 0 Å². The van der Waals surface area contributed by atoms with Gasteiger partial charge in [-0.15, -0.1) is 0 Å². The molecule has 5 rings (SSSR count). The molecule has 34 heavy (non-hydrogen) atoms. The van der Waals surface area contributed by atoms with Crippen molar-refractivity contribution in [2.45, 2.75) is 38.5 Å². The van der Waals surface area contributed by atoms with E-state index >= 15 is 0 Å². The summed E-state index contributed by atoms with van der Waals surface area (Å²) in [4.78, 5) is 1.69. The first-order valence-electron chi connectivity index (χ1n) is 11.6. The predicted octanol–water partition coefficient (Wildman–Crippen LogP) is 6.20. The summed E-state index contributed by atoms with van der Waals surface area (Å²) in [5, 5.41) is 19.7. The molecule has 0 amide bonds. The van der Waals surface area contributed by atoms with Crippen LogP contribution in [0.2, 0.25) is 0 Å². The highest BCUT2D eigenvalue weighted by Gasteiger charge is 2.33. The highest BCUT2D eigenvalue weighted by Crippen LogP contribution is 2.43. The van der Waals surface area contributed by atoms with Gasteiger partial charge in [0.1, 0.15) is 0 Å². The molecule has 4 nitrogen and oxygen atoms in total. The van der Waals surface area contributed by atoms with Gasteiger partial charge in [-0.2, -0.15) is 5.10 Å². The van der Waals surface area contributed by atoms with Gasteiger partial charge in [0.05, 0.1) is 5.10 Å². The third kappa shape index (κ3) is 3.65. The zero-order valence-electron chi connectivity index (χ0n) is 20.1. The Morgan fingerprint density at radius 3 is 1.85 bits per heavy atom. The first-order valence-corrected chi connectivity index (χ1v) is 11.6. The number of para-hydroxylation sites is 1. The van der Waals surface area contributed by atoms with Crippen molar-refractivity contribution in [1.82, 2.24) is 9.90 Å². The minimum Gasteiger partial charge on any atom is -0.505 e. The smallest absolute Gasteiger partial charge is 0.249 e. The van der Waals surface area contributed by atoms with Crippen LogP contribution >= 0.6 is 0 Å². The maximum atomic E-state index is 11.6. The average molecular weight is 449 g/mol. The number of aromatic hydroxyl groups is 1. The number of phenolic OH excluding ortho intramolecular Hbond substituents is 1. The Morgan fingerprint density at radius 1 is 0.676 bits per heavy atom. The van der Waals surface area contributed by atoms with Crippen molar-refractivity contribution < 1.29 is 10.2 Å². The van der Waals surface area contributed by atoms with Gasteiger partial charge in [0, 0.05) is 16.4 Å². The topological polar surface area (TPSA) is 52.2 Å². The molecule has 0 fully saturated rings. The van der Waals surface area contributed by atoms with Crippen LogP contribution in [0.15, 0.2) is 97.1 Å². The highest BCUT2D eigenvalue weighted by atomic mass is 16.3. The van der Waals surface area contributed by atoms with Crippen LogP contribution in [0, 0.1) is 0 Å². The second kappa shape index (κ2) is 8.14. The molecule has 5 aromatic rings. The molecule has 4 aromatic carbocycles. The fraction of sp³-hybridized carbons (Fsp3) is 0.200. The normalized spacial score (nSPS) is 12.2. The van der Waals surface area contributed by atoms with E-state index in [1.807, 2.05) is 48.5 Å². The van der Waals surface area contributed by atoms with Gasteiger partial charge in [0.25, 0.3) is 0 Å². The second-order valence-corrected chi connectivity index (χ2v) is 9.91. The Balaban J connectivity index is 1.78. The fourth-order valence-corrected chi connectivity index (χ4v) is 4.67. The lowest BCUT2D eigenvalue weighted by molar-refractivity contribution is -0.454. The molecule has 0 spiro atoms. The SMILES string of the molecule is CC(C)(c1ccccc1)c1cc(-n2nc3ccccc3[nH+]2)c(O)c(C(C)(C)c2ccccc2)c1. The molecule has 0 atom stereocenters. The summed E-state index contributed by atoms with van der Waals surface area (Å²) >= 11 is 0. The van der Waals surface area contributed by atoms with Crippen LogP contribution in [0.5, 0.6) is 5.75 Å². The zero-order chi connectivity index (χ0) is 23.9. The molecular formula is C30H30N3O+. The summed E-state index contributed by atoms with van der Waals surface area (Å²) in [6.07, 6.45) is 0. The number of rotatable bonds is 5. The van der Waals surface area contributed by atoms with E-state index in [0.29, 0.717) is 5.69 Å². The maximum absolute atomic E-state index is 11.6. The minimum absolute atomic E-state index is 0.227. The van der Waals surface area contributed by atoms with Crippen LogP contribution in [0.25, 0.3) is 16.7 Å². The van der Waals surface area contributed by atoms with Crippen molar-refractivity contribution in [3.05, 3.63) is 119 Å². The van der Waals surface area contributed by atoms with Crippen molar-refractivity contribution in [3.63, 3.8) is 0 Å². The Kier molecular flexibility index (Phi) is 5.24. The van der Waals surface area contributed by atoms with Crippen LogP contribution in [-0.2, 0) is 10.8 Å². The van der Waals surface area contributed by atoms with Gasteiger partial charge in [-0.3, -0.25) is 0 Å². The highest BCUT2D eigenvalue weighted by molar-refractivity contribution is 5.70. The molecule has 4 heteroatoms. The van der Waals surface area contributed by atoms with Crippen molar-refractivity contribution in [2.75, 3.05) is 0 Å². The van der Waals surface area contributed by atoms with Crippen LogP contribution in [-0.4, -0.2) is 15.0 Å². The van der Waals surface area contributed by atoms with Crippen molar-refractivity contribution in [3.8, 4) is 11.4 Å². The molecule has 0 radical (unpaired) electrons. The van der Waals surface area contributed by atoms with Gasteiger partial charge in [-0.1, -0.05) is 107 Å². The predicted molar refractivity (Wildman–Crippen MR) is 136 cm³/mol. The molecule has 0 aliphatic heterocycles. The number of fused-ring (bicyclic) bond motifs is 1. The number of benzene rings is 4.